The second-order valence-corrected chi connectivity index (χ2v) is 26.0. The van der Waals surface area contributed by atoms with E-state index in [0.717, 1.165) is 57.8 Å². The largest absolute Gasteiger partial charge is 0.469 e. The van der Waals surface area contributed by atoms with Crippen LogP contribution in [0.2, 0.25) is 0 Å². The van der Waals surface area contributed by atoms with Crippen LogP contribution in [0.3, 0.4) is 0 Å². The number of allylic oxidation sites excluding steroid dienone is 2. The van der Waals surface area contributed by atoms with Crippen molar-refractivity contribution in [3.63, 3.8) is 0 Å². The first-order valence-electron chi connectivity index (χ1n) is 27.5. The predicted molar refractivity (Wildman–Crippen MR) is 260 cm³/mol. The maximum absolute atomic E-state index is 13.8. The van der Waals surface area contributed by atoms with Crippen LogP contribution in [-0.2, 0) is 47.4 Å². The summed E-state index contributed by atoms with van der Waals surface area (Å²) >= 11 is 0. The van der Waals surface area contributed by atoms with E-state index in [4.69, 9.17) is 42.6 Å². The van der Waals surface area contributed by atoms with Crippen molar-refractivity contribution in [1.29, 1.82) is 0 Å². The highest BCUT2D eigenvalue weighted by atomic mass is 16.8. The molecule has 27 atom stereocenters. The maximum atomic E-state index is 13.8. The van der Waals surface area contributed by atoms with Gasteiger partial charge in [-0.1, -0.05) is 60.1 Å². The third-order valence-corrected chi connectivity index (χ3v) is 21.2. The number of esters is 1. The molecule has 5 aliphatic carbocycles. The zero-order valence-electron chi connectivity index (χ0n) is 45.1. The molecule has 9 aliphatic rings. The van der Waals surface area contributed by atoms with E-state index in [1.54, 1.807) is 0 Å². The minimum Gasteiger partial charge on any atom is -0.469 e. The fourth-order valence-corrected chi connectivity index (χ4v) is 16.5. The van der Waals surface area contributed by atoms with E-state index in [0.29, 0.717) is 12.3 Å². The van der Waals surface area contributed by atoms with Crippen molar-refractivity contribution >= 4 is 5.97 Å². The highest BCUT2D eigenvalue weighted by molar-refractivity contribution is 5.78. The van der Waals surface area contributed by atoms with E-state index in [-0.39, 0.29) is 52.2 Å². The first kappa shape index (κ1) is 58.1. The molecule has 21 heteroatoms. The van der Waals surface area contributed by atoms with Gasteiger partial charge >= 0.3 is 5.97 Å². The van der Waals surface area contributed by atoms with Crippen molar-refractivity contribution in [3.8, 4) is 0 Å². The molecule has 0 aromatic carbocycles. The topological polar surface area (TPSA) is 323 Å². The van der Waals surface area contributed by atoms with Crippen LogP contribution in [-0.4, -0.2) is 212 Å². The summed E-state index contributed by atoms with van der Waals surface area (Å²) in [6.07, 6.45) is -19.9. The van der Waals surface area contributed by atoms with Crippen LogP contribution in [0.5, 0.6) is 0 Å². The molecule has 0 unspecified atom stereocenters. The summed E-state index contributed by atoms with van der Waals surface area (Å²) in [5, 5.41) is 119. The first-order valence-corrected chi connectivity index (χ1v) is 27.5. The Morgan fingerprint density at radius 3 is 1.89 bits per heavy atom. The van der Waals surface area contributed by atoms with E-state index in [2.05, 4.69) is 54.5 Å². The Bertz CT molecular complexity index is 2060. The van der Waals surface area contributed by atoms with Gasteiger partial charge in [0.05, 0.1) is 44.6 Å². The lowest BCUT2D eigenvalue weighted by Gasteiger charge is -2.71. The van der Waals surface area contributed by atoms with E-state index < -0.39 is 141 Å². The van der Waals surface area contributed by atoms with Crippen LogP contribution in [0.1, 0.15) is 120 Å². The van der Waals surface area contributed by atoms with Gasteiger partial charge in [0, 0.05) is 0 Å². The molecule has 4 saturated carbocycles. The van der Waals surface area contributed by atoms with Gasteiger partial charge in [-0.25, -0.2) is 0 Å². The lowest BCUT2D eigenvalue weighted by molar-refractivity contribution is -0.390. The number of carbonyl (C=O) groups excluding carboxylic acids is 1. The average molecular weight is 1070 g/mol. The third kappa shape index (κ3) is 9.51. The molecule has 4 saturated heterocycles. The minimum absolute atomic E-state index is 0.0234. The molecule has 21 nitrogen and oxygen atoms in total. The molecule has 0 aromatic heterocycles. The lowest BCUT2D eigenvalue weighted by atomic mass is 9.33. The van der Waals surface area contributed by atoms with Crippen LogP contribution in [0.15, 0.2) is 11.6 Å². The summed E-state index contributed by atoms with van der Waals surface area (Å²) in [6.45, 7) is 16.2. The number of carbonyl (C=O) groups is 1. The summed E-state index contributed by atoms with van der Waals surface area (Å²) in [4.78, 5) is 13.8. The fraction of sp³-hybridized carbons (Fsp3) is 0.944. The number of aliphatic hydroxyl groups excluding tert-OH is 11. The average Bonchev–Trinajstić information content (AvgIpc) is 3.36. The highest BCUT2D eigenvalue weighted by Crippen LogP contribution is 2.76. The van der Waals surface area contributed by atoms with Crippen LogP contribution < -0.4 is 0 Å². The molecule has 75 heavy (non-hydrogen) atoms. The van der Waals surface area contributed by atoms with E-state index in [9.17, 15) is 61.0 Å². The molecule has 8 fully saturated rings. The van der Waals surface area contributed by atoms with Gasteiger partial charge in [0.15, 0.2) is 25.2 Å². The Kier molecular flexibility index (Phi) is 16.3. The van der Waals surface area contributed by atoms with Crippen molar-refractivity contribution in [2.24, 2.45) is 50.2 Å². The molecule has 4 heterocycles. The van der Waals surface area contributed by atoms with Gasteiger partial charge in [-0.2, -0.15) is 0 Å². The van der Waals surface area contributed by atoms with Crippen molar-refractivity contribution in [2.75, 3.05) is 26.9 Å². The maximum Gasteiger partial charge on any atom is 0.312 e. The van der Waals surface area contributed by atoms with Gasteiger partial charge in [0.1, 0.15) is 85.5 Å². The molecule has 9 rings (SSSR count). The minimum atomic E-state index is -1.99. The van der Waals surface area contributed by atoms with Crippen molar-refractivity contribution < 1.29 is 104 Å². The molecular formula is C54H88O21. The molecule has 0 spiro atoms. The Hall–Kier alpha value is -1.55. The normalized spacial score (nSPS) is 53.5. The van der Waals surface area contributed by atoms with Crippen molar-refractivity contribution in [1.82, 2.24) is 0 Å². The molecule has 11 N–H and O–H groups in total. The molecule has 4 aliphatic heterocycles. The Morgan fingerprint density at radius 1 is 0.613 bits per heavy atom. The zero-order valence-corrected chi connectivity index (χ0v) is 45.1. The molecule has 0 amide bonds. The van der Waals surface area contributed by atoms with Gasteiger partial charge in [0.2, 0.25) is 0 Å². The van der Waals surface area contributed by atoms with Gasteiger partial charge in [0.25, 0.3) is 0 Å². The number of methoxy groups -OCH3 is 1. The summed E-state index contributed by atoms with van der Waals surface area (Å²) in [5.41, 5.74) is 0.486. The summed E-state index contributed by atoms with van der Waals surface area (Å²) < 4.78 is 53.6. The van der Waals surface area contributed by atoms with Crippen molar-refractivity contribution in [2.45, 2.75) is 242 Å². The SMILES string of the molecule is COC(=O)[C@]12CCC(C)(C)C[C@H]1C1=CC[C@@H]3[C@@]4(C)CC[C@H](O[C@@H]5OC[C@H](O)[C@H](O)[C@H]5O[C@@H]5O[C@@H](C)[C@H](O)[C@@H](O[C@@H]6O[C@H](CO)[C@@H](O[C@@H]7O[C@H](CO)[C@@H](O)[C@H](O)[C@H]7O)[C@H](O)[C@H]6O)[C@H]5O)C(C)(C)[C@@H]4CC[C@@]3(C)[C@]1(C)CC2. The molecule has 0 aromatic rings. The molecule has 0 bridgehead atoms. The quantitative estimate of drug-likeness (QED) is 0.0752. The van der Waals surface area contributed by atoms with Gasteiger partial charge < -0.3 is 98.8 Å². The number of hydrogen-bond acceptors (Lipinski definition) is 21. The smallest absolute Gasteiger partial charge is 0.312 e. The number of rotatable bonds is 11. The van der Waals surface area contributed by atoms with Gasteiger partial charge in [-0.05, 0) is 116 Å². The lowest BCUT2D eigenvalue weighted by Crippen LogP contribution is -2.67. The van der Waals surface area contributed by atoms with Crippen molar-refractivity contribution in [3.05, 3.63) is 11.6 Å². The number of aliphatic hydroxyl groups is 11. The second kappa shape index (κ2) is 21.1. The fourth-order valence-electron chi connectivity index (χ4n) is 16.5. The van der Waals surface area contributed by atoms with Gasteiger partial charge in [-0.3, -0.25) is 4.79 Å². The van der Waals surface area contributed by atoms with E-state index in [1.807, 2.05) is 0 Å². The standard InChI is InChI=1S/C54H88O21/c1-24-33(58)42(74-45-39(64)37(62)41(29(22-56)71-45)73-44-38(63)36(61)35(60)28(21-55)70-44)40(65)46(69-24)75-43-34(59)27(57)23-68-47(43)72-32-13-14-51(6)30(50(32,4)5)12-15-53(8)31(51)11-10-25-26-20-49(2,3)16-18-54(26,48(66)67-9)19-17-52(25,53)7/h10,24,26-47,55-65H,11-23H2,1-9H3/t24-,26-,27-,28+,29+,30-,31+,32-,33-,34-,35+,36-,37+,38+,39+,40+,41+,42+,43+,44-,45-,46-,47-,51-,52+,53+,54-/m0/s1. The van der Waals surface area contributed by atoms with E-state index >= 15 is 0 Å². The second-order valence-electron chi connectivity index (χ2n) is 26.0. The summed E-state index contributed by atoms with van der Waals surface area (Å²) in [7, 11) is 1.53. The number of hydrogen-bond donors (Lipinski definition) is 11. The molecular weight excluding hydrogens is 985 g/mol. The monoisotopic (exact) mass is 1070 g/mol. The number of ether oxygens (including phenoxy) is 9. The first-order chi connectivity index (χ1) is 35.1. The molecule has 0 radical (unpaired) electrons. The Morgan fingerprint density at radius 2 is 1.23 bits per heavy atom. The van der Waals surface area contributed by atoms with Crippen LogP contribution >= 0.6 is 0 Å². The predicted octanol–water partition coefficient (Wildman–Crippen LogP) is 0.286. The zero-order chi connectivity index (χ0) is 54.7. The Balaban J connectivity index is 0.889. The van der Waals surface area contributed by atoms with Gasteiger partial charge in [-0.15, -0.1) is 0 Å². The van der Waals surface area contributed by atoms with Crippen LogP contribution in [0, 0.1) is 50.2 Å². The van der Waals surface area contributed by atoms with E-state index in [1.165, 1.54) is 19.6 Å². The highest BCUT2D eigenvalue weighted by Gasteiger charge is 2.70. The summed E-state index contributed by atoms with van der Waals surface area (Å²) in [6, 6.07) is 0. The van der Waals surface area contributed by atoms with Crippen LogP contribution in [0.4, 0.5) is 0 Å². The molecule has 430 valence electrons. The number of fused-ring (bicyclic) bond motifs is 7. The Labute approximate surface area is 439 Å². The summed E-state index contributed by atoms with van der Waals surface area (Å²) in [5.74, 6) is 0.667. The van der Waals surface area contributed by atoms with Crippen LogP contribution in [0.25, 0.3) is 0 Å². The third-order valence-electron chi connectivity index (χ3n) is 21.2.